The van der Waals surface area contributed by atoms with Crippen molar-refractivity contribution in [3.63, 3.8) is 0 Å². The molecule has 7 heteroatoms. The number of hydrogen-bond acceptors (Lipinski definition) is 4. The van der Waals surface area contributed by atoms with Crippen molar-refractivity contribution >= 4 is 6.03 Å². The Bertz CT molecular complexity index is 697. The summed E-state index contributed by atoms with van der Waals surface area (Å²) in [5.41, 5.74) is 1.91. The highest BCUT2D eigenvalue weighted by Gasteiger charge is 2.26. The SMILES string of the molecule is C[C@H](NC(=O)N[C@H]1CCc2c(O)cccc21)c1nncn1C. The van der Waals surface area contributed by atoms with Gasteiger partial charge in [-0.1, -0.05) is 12.1 Å². The maximum atomic E-state index is 12.2. The minimum Gasteiger partial charge on any atom is -0.508 e. The van der Waals surface area contributed by atoms with Crippen LogP contribution < -0.4 is 10.6 Å². The number of aromatic nitrogens is 3. The van der Waals surface area contributed by atoms with Crippen LogP contribution in [0.2, 0.25) is 0 Å². The van der Waals surface area contributed by atoms with E-state index in [4.69, 9.17) is 0 Å². The number of phenolic OH excluding ortho intramolecular Hbond substituents is 1. The van der Waals surface area contributed by atoms with Gasteiger partial charge in [-0.05, 0) is 37.0 Å². The Balaban J connectivity index is 1.64. The van der Waals surface area contributed by atoms with Crippen molar-refractivity contribution in [3.05, 3.63) is 41.5 Å². The number of nitrogens with one attached hydrogen (secondary N) is 2. The van der Waals surface area contributed by atoms with Gasteiger partial charge in [0.2, 0.25) is 0 Å². The number of urea groups is 1. The molecule has 116 valence electrons. The molecule has 0 saturated carbocycles. The Labute approximate surface area is 128 Å². The average molecular weight is 301 g/mol. The lowest BCUT2D eigenvalue weighted by Crippen LogP contribution is -2.39. The fourth-order valence-corrected chi connectivity index (χ4v) is 2.93. The fourth-order valence-electron chi connectivity index (χ4n) is 2.93. The molecule has 1 aromatic carbocycles. The van der Waals surface area contributed by atoms with E-state index in [1.54, 1.807) is 23.0 Å². The first-order valence-corrected chi connectivity index (χ1v) is 7.28. The molecule has 0 saturated heterocycles. The number of carbonyl (C=O) groups excluding carboxylic acids is 1. The van der Waals surface area contributed by atoms with Gasteiger partial charge in [-0.15, -0.1) is 10.2 Å². The summed E-state index contributed by atoms with van der Waals surface area (Å²) >= 11 is 0. The van der Waals surface area contributed by atoms with Crippen molar-refractivity contribution in [3.8, 4) is 5.75 Å². The van der Waals surface area contributed by atoms with Crippen LogP contribution in [0, 0.1) is 0 Å². The Morgan fingerprint density at radius 1 is 1.50 bits per heavy atom. The molecule has 22 heavy (non-hydrogen) atoms. The van der Waals surface area contributed by atoms with E-state index in [1.165, 1.54) is 0 Å². The molecule has 0 fully saturated rings. The lowest BCUT2D eigenvalue weighted by Gasteiger charge is -2.18. The molecule has 0 unspecified atom stereocenters. The number of phenols is 1. The van der Waals surface area contributed by atoms with Gasteiger partial charge in [-0.3, -0.25) is 0 Å². The molecule has 0 spiro atoms. The third-order valence-electron chi connectivity index (χ3n) is 4.03. The molecule has 3 rings (SSSR count). The zero-order chi connectivity index (χ0) is 15.7. The van der Waals surface area contributed by atoms with E-state index in [0.717, 1.165) is 24.0 Å². The number of aromatic hydroxyl groups is 1. The predicted octanol–water partition coefficient (Wildman–Crippen LogP) is 1.57. The summed E-state index contributed by atoms with van der Waals surface area (Å²) < 4.78 is 1.77. The van der Waals surface area contributed by atoms with Crippen LogP contribution in [0.25, 0.3) is 0 Å². The molecule has 2 amide bonds. The smallest absolute Gasteiger partial charge is 0.315 e. The number of amides is 2. The highest BCUT2D eigenvalue weighted by atomic mass is 16.3. The molecule has 0 radical (unpaired) electrons. The molecule has 0 aliphatic heterocycles. The molecule has 1 aliphatic carbocycles. The van der Waals surface area contributed by atoms with Crippen molar-refractivity contribution in [2.75, 3.05) is 0 Å². The maximum Gasteiger partial charge on any atom is 0.315 e. The minimum absolute atomic E-state index is 0.0752. The van der Waals surface area contributed by atoms with Gasteiger partial charge in [0, 0.05) is 7.05 Å². The van der Waals surface area contributed by atoms with Gasteiger partial charge in [-0.25, -0.2) is 4.79 Å². The van der Waals surface area contributed by atoms with E-state index in [2.05, 4.69) is 20.8 Å². The first-order valence-electron chi connectivity index (χ1n) is 7.28. The first-order chi connectivity index (χ1) is 10.6. The molecule has 2 atom stereocenters. The summed E-state index contributed by atoms with van der Waals surface area (Å²) in [5, 5.41) is 23.4. The van der Waals surface area contributed by atoms with Gasteiger partial charge in [0.05, 0.1) is 12.1 Å². The van der Waals surface area contributed by atoms with Gasteiger partial charge < -0.3 is 20.3 Å². The van der Waals surface area contributed by atoms with Crippen molar-refractivity contribution in [1.82, 2.24) is 25.4 Å². The van der Waals surface area contributed by atoms with Crippen molar-refractivity contribution < 1.29 is 9.90 Å². The minimum atomic E-state index is -0.253. The lowest BCUT2D eigenvalue weighted by molar-refractivity contribution is 0.233. The second-order valence-corrected chi connectivity index (χ2v) is 5.58. The Morgan fingerprint density at radius 2 is 2.32 bits per heavy atom. The molecular weight excluding hydrogens is 282 g/mol. The summed E-state index contributed by atoms with van der Waals surface area (Å²) in [5.74, 6) is 0.995. The molecule has 1 aliphatic rings. The molecule has 1 heterocycles. The molecule has 3 N–H and O–H groups in total. The van der Waals surface area contributed by atoms with Crippen LogP contribution in [0.15, 0.2) is 24.5 Å². The van der Waals surface area contributed by atoms with Gasteiger partial charge in [-0.2, -0.15) is 0 Å². The van der Waals surface area contributed by atoms with Crippen molar-refractivity contribution in [1.29, 1.82) is 0 Å². The summed E-state index contributed by atoms with van der Waals surface area (Å²) in [6, 6.07) is 4.85. The summed E-state index contributed by atoms with van der Waals surface area (Å²) in [4.78, 5) is 12.2. The topological polar surface area (TPSA) is 92.1 Å². The van der Waals surface area contributed by atoms with E-state index in [1.807, 2.05) is 20.0 Å². The number of aryl methyl sites for hydroxylation is 1. The largest absolute Gasteiger partial charge is 0.508 e. The summed E-state index contributed by atoms with van der Waals surface area (Å²) in [6.07, 6.45) is 3.16. The highest BCUT2D eigenvalue weighted by molar-refractivity contribution is 5.75. The third kappa shape index (κ3) is 2.61. The lowest BCUT2D eigenvalue weighted by atomic mass is 10.1. The molecular formula is C15H19N5O2. The third-order valence-corrected chi connectivity index (χ3v) is 4.03. The Kier molecular flexibility index (Phi) is 3.70. The van der Waals surface area contributed by atoms with Crippen LogP contribution in [-0.4, -0.2) is 25.9 Å². The summed E-state index contributed by atoms with van der Waals surface area (Å²) in [7, 11) is 1.83. The van der Waals surface area contributed by atoms with E-state index in [-0.39, 0.29) is 18.1 Å². The van der Waals surface area contributed by atoms with Gasteiger partial charge in [0.15, 0.2) is 5.82 Å². The molecule has 2 aromatic rings. The average Bonchev–Trinajstić information content (AvgIpc) is 3.06. The monoisotopic (exact) mass is 301 g/mol. The van der Waals surface area contributed by atoms with E-state index < -0.39 is 0 Å². The van der Waals surface area contributed by atoms with Crippen LogP contribution >= 0.6 is 0 Å². The Morgan fingerprint density at radius 3 is 3.05 bits per heavy atom. The second-order valence-electron chi connectivity index (χ2n) is 5.58. The number of benzene rings is 1. The number of nitrogens with zero attached hydrogens (tertiary/aromatic N) is 3. The van der Waals surface area contributed by atoms with Crippen LogP contribution in [-0.2, 0) is 13.5 Å². The van der Waals surface area contributed by atoms with Crippen molar-refractivity contribution in [2.45, 2.75) is 31.8 Å². The van der Waals surface area contributed by atoms with Crippen LogP contribution in [0.3, 0.4) is 0 Å². The molecule has 0 bridgehead atoms. The fraction of sp³-hybridized carbons (Fsp3) is 0.400. The van der Waals surface area contributed by atoms with Crippen LogP contribution in [0.4, 0.5) is 4.79 Å². The van der Waals surface area contributed by atoms with Crippen LogP contribution in [0.1, 0.15) is 42.4 Å². The maximum absolute atomic E-state index is 12.2. The van der Waals surface area contributed by atoms with Crippen molar-refractivity contribution in [2.24, 2.45) is 7.05 Å². The normalized spacial score (nSPS) is 17.8. The van der Waals surface area contributed by atoms with E-state index in [0.29, 0.717) is 11.6 Å². The number of rotatable bonds is 3. The van der Waals surface area contributed by atoms with E-state index >= 15 is 0 Å². The highest BCUT2D eigenvalue weighted by Crippen LogP contribution is 2.36. The van der Waals surface area contributed by atoms with Gasteiger partial charge in [0.25, 0.3) is 0 Å². The number of carbonyl (C=O) groups is 1. The first kappa shape index (κ1) is 14.4. The van der Waals surface area contributed by atoms with E-state index in [9.17, 15) is 9.90 Å². The zero-order valence-corrected chi connectivity index (χ0v) is 12.6. The quantitative estimate of drug-likeness (QED) is 0.802. The zero-order valence-electron chi connectivity index (χ0n) is 12.6. The second kappa shape index (κ2) is 5.67. The number of fused-ring (bicyclic) bond motifs is 1. The molecule has 7 nitrogen and oxygen atoms in total. The number of hydrogen-bond donors (Lipinski definition) is 3. The van der Waals surface area contributed by atoms with Crippen LogP contribution in [0.5, 0.6) is 5.75 Å². The predicted molar refractivity (Wildman–Crippen MR) is 80.3 cm³/mol. The van der Waals surface area contributed by atoms with Gasteiger partial charge in [0.1, 0.15) is 12.1 Å². The van der Waals surface area contributed by atoms with Gasteiger partial charge >= 0.3 is 6.03 Å². The Hall–Kier alpha value is -2.57. The molecule has 1 aromatic heterocycles. The summed E-state index contributed by atoms with van der Waals surface area (Å²) in [6.45, 7) is 1.86. The standard InChI is InChI=1S/C15H19N5O2/c1-9(14-19-16-8-20(14)2)17-15(22)18-12-7-6-11-10(12)4-3-5-13(11)21/h3-5,8-9,12,21H,6-7H2,1-2H3,(H2,17,18,22)/t9-,12-/m0/s1.